The number of carbonyl (C=O) groups excluding carboxylic acids is 1. The van der Waals surface area contributed by atoms with Crippen molar-refractivity contribution in [2.24, 2.45) is 0 Å². The molecule has 0 N–H and O–H groups in total. The fourth-order valence-corrected chi connectivity index (χ4v) is 3.10. The van der Waals surface area contributed by atoms with Crippen LogP contribution < -0.4 is 10.5 Å². The molecule has 0 amide bonds. The summed E-state index contributed by atoms with van der Waals surface area (Å²) in [6, 6.07) is 6.02. The molecule has 29 heavy (non-hydrogen) atoms. The predicted octanol–water partition coefficient (Wildman–Crippen LogP) is 1.76. The van der Waals surface area contributed by atoms with E-state index in [0.29, 0.717) is 24.6 Å². The van der Waals surface area contributed by atoms with E-state index in [1.54, 1.807) is 29.8 Å². The van der Waals surface area contributed by atoms with Crippen molar-refractivity contribution in [3.63, 3.8) is 0 Å². The van der Waals surface area contributed by atoms with Gasteiger partial charge in [-0.05, 0) is 37.7 Å². The molecule has 3 rings (SSSR count). The van der Waals surface area contributed by atoms with Crippen molar-refractivity contribution >= 4 is 17.9 Å². The summed E-state index contributed by atoms with van der Waals surface area (Å²) in [4.78, 5) is 33.4. The Kier molecular flexibility index (Phi) is 6.77. The second-order valence-corrected chi connectivity index (χ2v) is 6.92. The topological polar surface area (TPSA) is 67.7 Å². The maximum Gasteiger partial charge on any atom is 0.330 e. The summed E-state index contributed by atoms with van der Waals surface area (Å²) in [6.07, 6.45) is 4.44. The van der Waals surface area contributed by atoms with Gasteiger partial charge in [0.1, 0.15) is 5.82 Å². The van der Waals surface area contributed by atoms with Gasteiger partial charge in [0.25, 0.3) is 5.56 Å². The second kappa shape index (κ2) is 9.47. The summed E-state index contributed by atoms with van der Waals surface area (Å²) in [6.45, 7) is 5.36. The molecule has 0 unspecified atom stereocenters. The molecule has 1 aromatic heterocycles. The number of ether oxygens (including phenoxy) is 1. The van der Waals surface area contributed by atoms with Crippen molar-refractivity contribution in [1.29, 1.82) is 0 Å². The average molecular weight is 400 g/mol. The van der Waals surface area contributed by atoms with Crippen molar-refractivity contribution in [3.8, 4) is 0 Å². The van der Waals surface area contributed by atoms with Gasteiger partial charge in [-0.3, -0.25) is 4.79 Å². The molecule has 8 heteroatoms. The van der Waals surface area contributed by atoms with E-state index in [1.807, 2.05) is 11.9 Å². The minimum Gasteiger partial charge on any atom is -0.463 e. The number of hydrogen-bond acceptors (Lipinski definition) is 6. The van der Waals surface area contributed by atoms with Gasteiger partial charge in [0.15, 0.2) is 5.82 Å². The molecule has 1 aliphatic rings. The first kappa shape index (κ1) is 20.7. The maximum absolute atomic E-state index is 13.2. The molecule has 2 heterocycles. The minimum atomic E-state index is -0.466. The van der Waals surface area contributed by atoms with E-state index in [1.165, 1.54) is 24.3 Å². The van der Waals surface area contributed by atoms with Crippen LogP contribution in [-0.4, -0.2) is 60.3 Å². The van der Waals surface area contributed by atoms with Crippen LogP contribution in [-0.2, 0) is 16.1 Å². The summed E-state index contributed by atoms with van der Waals surface area (Å²) >= 11 is 0. The van der Waals surface area contributed by atoms with Gasteiger partial charge in [-0.2, -0.15) is 0 Å². The van der Waals surface area contributed by atoms with Gasteiger partial charge in [-0.1, -0.05) is 12.1 Å². The number of esters is 1. The van der Waals surface area contributed by atoms with Crippen molar-refractivity contribution in [2.75, 3.05) is 44.7 Å². The lowest BCUT2D eigenvalue weighted by Gasteiger charge is -2.33. The van der Waals surface area contributed by atoms with Crippen molar-refractivity contribution in [1.82, 2.24) is 14.5 Å². The Morgan fingerprint density at radius 3 is 2.55 bits per heavy atom. The fraction of sp³-hybridized carbons (Fsp3) is 0.381. The predicted molar refractivity (Wildman–Crippen MR) is 109 cm³/mol. The molecule has 1 aliphatic heterocycles. The Hall–Kier alpha value is -3.00. The van der Waals surface area contributed by atoms with Crippen LogP contribution in [0.3, 0.4) is 0 Å². The molecule has 0 saturated carbocycles. The van der Waals surface area contributed by atoms with Gasteiger partial charge in [-0.25, -0.2) is 14.2 Å². The number of anilines is 1. The fourth-order valence-electron chi connectivity index (χ4n) is 3.10. The number of benzene rings is 1. The number of piperazine rings is 1. The van der Waals surface area contributed by atoms with Crippen LogP contribution in [0.2, 0.25) is 0 Å². The van der Waals surface area contributed by atoms with E-state index in [-0.39, 0.29) is 24.5 Å². The standard InChI is InChI=1S/C21H25FN4O3/c1-3-29-19(27)9-8-18-15-26(14-16-4-6-17(22)7-5-16)21(28)20(23-18)25-12-10-24(2)11-13-25/h4-9,15H,3,10-14H2,1-2H3/b9-8+. The van der Waals surface area contributed by atoms with Crippen LogP contribution in [0.15, 0.2) is 41.3 Å². The molecule has 0 spiro atoms. The highest BCUT2D eigenvalue weighted by atomic mass is 19.1. The second-order valence-electron chi connectivity index (χ2n) is 6.92. The Labute approximate surface area is 169 Å². The lowest BCUT2D eigenvalue weighted by molar-refractivity contribution is -0.137. The molecule has 1 aromatic carbocycles. The quantitative estimate of drug-likeness (QED) is 0.544. The van der Waals surface area contributed by atoms with Gasteiger partial charge in [0.05, 0.1) is 18.8 Å². The summed E-state index contributed by atoms with van der Waals surface area (Å²) < 4.78 is 19.7. The van der Waals surface area contributed by atoms with Crippen LogP contribution in [0.4, 0.5) is 10.2 Å². The SMILES string of the molecule is CCOC(=O)/C=C/c1cn(Cc2ccc(F)cc2)c(=O)c(N2CCN(C)CC2)n1. The average Bonchev–Trinajstić information content (AvgIpc) is 2.71. The first-order valence-corrected chi connectivity index (χ1v) is 9.60. The summed E-state index contributed by atoms with van der Waals surface area (Å²) in [5.74, 6) is -0.440. The number of likely N-dealkylation sites (N-methyl/N-ethyl adjacent to an activating group) is 1. The molecular formula is C21H25FN4O3. The number of aromatic nitrogens is 2. The molecule has 2 aromatic rings. The third-order valence-electron chi connectivity index (χ3n) is 4.72. The van der Waals surface area contributed by atoms with Gasteiger partial charge in [0, 0.05) is 38.5 Å². The summed E-state index contributed by atoms with van der Waals surface area (Å²) in [5, 5.41) is 0. The number of hydrogen-bond donors (Lipinski definition) is 0. The first-order valence-electron chi connectivity index (χ1n) is 9.60. The van der Waals surface area contributed by atoms with Crippen LogP contribution in [0.5, 0.6) is 0 Å². The molecule has 1 saturated heterocycles. The number of nitrogens with zero attached hydrogens (tertiary/aromatic N) is 4. The number of halogens is 1. The maximum atomic E-state index is 13.2. The zero-order valence-electron chi connectivity index (χ0n) is 16.7. The normalized spacial score (nSPS) is 15.1. The molecule has 0 aliphatic carbocycles. The Morgan fingerprint density at radius 1 is 1.21 bits per heavy atom. The van der Waals surface area contributed by atoms with Crippen LogP contribution in [0.1, 0.15) is 18.2 Å². The third kappa shape index (κ3) is 5.51. The van der Waals surface area contributed by atoms with E-state index in [2.05, 4.69) is 9.88 Å². The van der Waals surface area contributed by atoms with Gasteiger partial charge in [0.2, 0.25) is 0 Å². The van der Waals surface area contributed by atoms with E-state index < -0.39 is 5.97 Å². The van der Waals surface area contributed by atoms with Crippen LogP contribution in [0, 0.1) is 5.82 Å². The molecule has 0 atom stereocenters. The molecule has 1 fully saturated rings. The summed E-state index contributed by atoms with van der Waals surface area (Å²) in [5.41, 5.74) is 1.06. The van der Waals surface area contributed by atoms with E-state index in [4.69, 9.17) is 4.74 Å². The number of rotatable bonds is 6. The Bertz CT molecular complexity index is 932. The lowest BCUT2D eigenvalue weighted by atomic mass is 10.2. The van der Waals surface area contributed by atoms with Crippen molar-refractivity contribution in [3.05, 3.63) is 64.0 Å². The molecule has 0 radical (unpaired) electrons. The zero-order chi connectivity index (χ0) is 20.8. The highest BCUT2D eigenvalue weighted by Gasteiger charge is 2.20. The molecule has 0 bridgehead atoms. The monoisotopic (exact) mass is 400 g/mol. The van der Waals surface area contributed by atoms with E-state index >= 15 is 0 Å². The van der Waals surface area contributed by atoms with Gasteiger partial charge >= 0.3 is 5.97 Å². The zero-order valence-corrected chi connectivity index (χ0v) is 16.7. The Morgan fingerprint density at radius 2 is 1.90 bits per heavy atom. The lowest BCUT2D eigenvalue weighted by Crippen LogP contribution is -2.47. The van der Waals surface area contributed by atoms with E-state index in [0.717, 1.165) is 18.7 Å². The van der Waals surface area contributed by atoms with Crippen molar-refractivity contribution in [2.45, 2.75) is 13.5 Å². The van der Waals surface area contributed by atoms with Crippen molar-refractivity contribution < 1.29 is 13.9 Å². The first-order chi connectivity index (χ1) is 14.0. The highest BCUT2D eigenvalue weighted by Crippen LogP contribution is 2.12. The molecular weight excluding hydrogens is 375 g/mol. The van der Waals surface area contributed by atoms with Gasteiger partial charge in [-0.15, -0.1) is 0 Å². The molecule has 7 nitrogen and oxygen atoms in total. The van der Waals surface area contributed by atoms with Gasteiger partial charge < -0.3 is 19.1 Å². The highest BCUT2D eigenvalue weighted by molar-refractivity contribution is 5.86. The third-order valence-corrected chi connectivity index (χ3v) is 4.72. The smallest absolute Gasteiger partial charge is 0.330 e. The largest absolute Gasteiger partial charge is 0.463 e. The minimum absolute atomic E-state index is 0.216. The number of carbonyl (C=O) groups is 1. The molecule has 154 valence electrons. The van der Waals surface area contributed by atoms with Crippen LogP contribution in [0.25, 0.3) is 6.08 Å². The summed E-state index contributed by atoms with van der Waals surface area (Å²) in [7, 11) is 2.04. The Balaban J connectivity index is 1.95. The van der Waals surface area contributed by atoms with Crippen LogP contribution >= 0.6 is 0 Å². The van der Waals surface area contributed by atoms with E-state index in [9.17, 15) is 14.0 Å².